The summed E-state index contributed by atoms with van der Waals surface area (Å²) in [6, 6.07) is 19.9. The summed E-state index contributed by atoms with van der Waals surface area (Å²) in [7, 11) is -2.34. The molecule has 0 saturated heterocycles. The molecule has 54 heavy (non-hydrogen) atoms. The lowest BCUT2D eigenvalue weighted by Crippen LogP contribution is -2.50. The lowest BCUT2D eigenvalue weighted by atomic mass is 10.0. The molecule has 1 saturated carbocycles. The molecule has 3 atom stereocenters. The number of carboxylic acid groups (broad SMARTS) is 1. The first-order valence-corrected chi connectivity index (χ1v) is 19.3. The van der Waals surface area contributed by atoms with Crippen molar-refractivity contribution in [2.24, 2.45) is 5.92 Å². The fourth-order valence-corrected chi connectivity index (χ4v) is 5.81. The first-order chi connectivity index (χ1) is 25.3. The van der Waals surface area contributed by atoms with Crippen molar-refractivity contribution in [2.75, 3.05) is 30.7 Å². The highest BCUT2D eigenvalue weighted by Crippen LogP contribution is 2.27. The van der Waals surface area contributed by atoms with Crippen LogP contribution >= 0.6 is 11.6 Å². The number of hydrogen-bond donors (Lipinski definition) is 5. The normalized spacial score (nSPS) is 14.4. The van der Waals surface area contributed by atoms with Gasteiger partial charge in [0.15, 0.2) is 0 Å². The van der Waals surface area contributed by atoms with E-state index < -0.39 is 52.1 Å². The van der Waals surface area contributed by atoms with Gasteiger partial charge in [0, 0.05) is 42.3 Å². The van der Waals surface area contributed by atoms with Crippen molar-refractivity contribution >= 4 is 51.0 Å². The summed E-state index contributed by atoms with van der Waals surface area (Å²) in [4.78, 5) is 49.0. The van der Waals surface area contributed by atoms with E-state index in [0.717, 1.165) is 34.5 Å². The van der Waals surface area contributed by atoms with E-state index >= 15 is 0 Å². The van der Waals surface area contributed by atoms with E-state index in [2.05, 4.69) is 21.3 Å². The second-order valence-electron chi connectivity index (χ2n) is 13.0. The van der Waals surface area contributed by atoms with E-state index in [9.17, 15) is 36.0 Å². The third-order valence-electron chi connectivity index (χ3n) is 8.50. The Labute approximate surface area is 317 Å². The molecule has 0 spiro atoms. The largest absolute Gasteiger partial charge is 0.490 e. The van der Waals surface area contributed by atoms with Crippen LogP contribution in [0.4, 0.5) is 18.9 Å². The average Bonchev–Trinajstić information content (AvgIpc) is 3.95. The van der Waals surface area contributed by atoms with Gasteiger partial charge >= 0.3 is 12.1 Å². The van der Waals surface area contributed by atoms with Crippen molar-refractivity contribution in [3.8, 4) is 0 Å². The first-order valence-electron chi connectivity index (χ1n) is 17.1. The number of aliphatic carboxylic acids is 1. The molecule has 3 aromatic rings. The van der Waals surface area contributed by atoms with Gasteiger partial charge in [-0.25, -0.2) is 13.2 Å². The second kappa shape index (κ2) is 19.6. The number of alkyl halides is 3. The minimum Gasteiger partial charge on any atom is -0.475 e. The minimum atomic E-state index is -5.08. The van der Waals surface area contributed by atoms with Gasteiger partial charge in [-0.2, -0.15) is 13.2 Å². The SMILES string of the molecule is CC[C@H](NC[C@@H](Cc1ccccc1)NC(=O)c1cc(C(=O)N[C@H](C)c2cccc(Cl)c2)cc(N(C)S(C)(=O)=O)c1)C(=O)NCC1CC1.O=C(O)C(F)(F)F. The molecule has 0 radical (unpaired) electrons. The molecule has 3 aromatic carbocycles. The van der Waals surface area contributed by atoms with Crippen LogP contribution in [0.3, 0.4) is 0 Å². The number of nitrogens with one attached hydrogen (secondary N) is 4. The number of carboxylic acids is 1. The molecule has 1 aliphatic carbocycles. The van der Waals surface area contributed by atoms with Gasteiger partial charge in [-0.1, -0.05) is 61.0 Å². The lowest BCUT2D eigenvalue weighted by molar-refractivity contribution is -0.192. The molecule has 0 bridgehead atoms. The number of anilines is 1. The van der Waals surface area contributed by atoms with Crippen LogP contribution < -0.4 is 25.6 Å². The molecule has 0 aliphatic heterocycles. The first kappa shape index (κ1) is 43.7. The van der Waals surface area contributed by atoms with Gasteiger partial charge in [0.1, 0.15) is 0 Å². The maximum Gasteiger partial charge on any atom is 0.490 e. The predicted molar refractivity (Wildman–Crippen MR) is 200 cm³/mol. The zero-order valence-electron chi connectivity index (χ0n) is 30.2. The van der Waals surface area contributed by atoms with Crippen LogP contribution in [-0.2, 0) is 26.0 Å². The number of benzene rings is 3. The Hall–Kier alpha value is -4.67. The molecule has 17 heteroatoms. The number of halogens is 4. The number of nitrogens with zero attached hydrogens (tertiary/aromatic N) is 1. The van der Waals surface area contributed by atoms with Gasteiger partial charge in [0.2, 0.25) is 15.9 Å². The molecular formula is C37H45ClF3N5O7S. The maximum atomic E-state index is 13.8. The molecule has 1 aliphatic rings. The van der Waals surface area contributed by atoms with Gasteiger partial charge < -0.3 is 26.4 Å². The van der Waals surface area contributed by atoms with Crippen molar-refractivity contribution < 1.29 is 45.9 Å². The summed E-state index contributed by atoms with van der Waals surface area (Å²) in [6.45, 7) is 4.72. The Morgan fingerprint density at radius 3 is 2.06 bits per heavy atom. The Kier molecular flexibility index (Phi) is 15.9. The van der Waals surface area contributed by atoms with Gasteiger partial charge in [0.25, 0.3) is 11.8 Å². The van der Waals surface area contributed by atoms with E-state index in [-0.39, 0.29) is 22.7 Å². The zero-order chi connectivity index (χ0) is 40.2. The molecule has 1 fully saturated rings. The molecular weight excluding hydrogens is 751 g/mol. The number of amides is 3. The summed E-state index contributed by atoms with van der Waals surface area (Å²) in [6.07, 6.45) is -0.697. The van der Waals surface area contributed by atoms with Crippen LogP contribution in [0.15, 0.2) is 72.8 Å². The third kappa shape index (κ3) is 14.3. The molecule has 4 rings (SSSR count). The lowest BCUT2D eigenvalue weighted by Gasteiger charge is -2.24. The summed E-state index contributed by atoms with van der Waals surface area (Å²) < 4.78 is 57.7. The van der Waals surface area contributed by atoms with Crippen LogP contribution in [0.25, 0.3) is 0 Å². The van der Waals surface area contributed by atoms with E-state index in [4.69, 9.17) is 21.5 Å². The molecule has 0 heterocycles. The summed E-state index contributed by atoms with van der Waals surface area (Å²) in [5, 5.41) is 20.0. The van der Waals surface area contributed by atoms with Crippen LogP contribution in [0.5, 0.6) is 0 Å². The zero-order valence-corrected chi connectivity index (χ0v) is 31.8. The van der Waals surface area contributed by atoms with Gasteiger partial charge in [-0.15, -0.1) is 0 Å². The van der Waals surface area contributed by atoms with Crippen molar-refractivity contribution in [1.82, 2.24) is 21.3 Å². The van der Waals surface area contributed by atoms with Gasteiger partial charge in [-0.05, 0) is 80.0 Å². The van der Waals surface area contributed by atoms with Crippen molar-refractivity contribution in [1.29, 1.82) is 0 Å². The quantitative estimate of drug-likeness (QED) is 0.133. The highest BCUT2D eigenvalue weighted by Gasteiger charge is 2.38. The minimum absolute atomic E-state index is 0.0663. The Balaban J connectivity index is 0.00000102. The number of rotatable bonds is 16. The highest BCUT2D eigenvalue weighted by atomic mass is 35.5. The van der Waals surface area contributed by atoms with Crippen LogP contribution in [0.2, 0.25) is 5.02 Å². The number of carbonyl (C=O) groups is 4. The average molecular weight is 796 g/mol. The van der Waals surface area contributed by atoms with E-state index in [1.54, 1.807) is 25.1 Å². The topological polar surface area (TPSA) is 174 Å². The molecule has 0 unspecified atom stereocenters. The fourth-order valence-electron chi connectivity index (χ4n) is 5.12. The Morgan fingerprint density at radius 1 is 0.944 bits per heavy atom. The highest BCUT2D eigenvalue weighted by molar-refractivity contribution is 7.92. The molecule has 3 amide bonds. The molecule has 5 N–H and O–H groups in total. The maximum absolute atomic E-state index is 13.8. The molecule has 0 aromatic heterocycles. The second-order valence-corrected chi connectivity index (χ2v) is 15.4. The van der Waals surface area contributed by atoms with Crippen LogP contribution in [0, 0.1) is 5.92 Å². The number of hydrogen-bond acceptors (Lipinski definition) is 7. The smallest absolute Gasteiger partial charge is 0.475 e. The van der Waals surface area contributed by atoms with E-state index in [1.165, 1.54) is 25.2 Å². The summed E-state index contributed by atoms with van der Waals surface area (Å²) in [5.74, 6) is -3.23. The van der Waals surface area contributed by atoms with E-state index in [1.807, 2.05) is 43.3 Å². The molecule has 12 nitrogen and oxygen atoms in total. The standard InChI is InChI=1S/C35H44ClN5O5S.C2HF3O2/c1-5-32(35(44)38-21-25-14-15-25)37-22-30(16-24-10-7-6-8-11-24)40-34(43)28-17-27(19-31(20-28)41(3)47(4,45)46)33(42)39-23(2)26-12-9-13-29(36)18-26;3-2(4,5)1(6)7/h6-13,17-20,23,25,30,32,37H,5,14-16,21-22H2,1-4H3,(H,38,44)(H,39,42)(H,40,43);(H,6,7)/t23-,30-,32+;/m1./s1. The summed E-state index contributed by atoms with van der Waals surface area (Å²) in [5.41, 5.74) is 2.18. The third-order valence-corrected chi connectivity index (χ3v) is 9.94. The Bertz CT molecular complexity index is 1880. The van der Waals surface area contributed by atoms with Crippen LogP contribution in [-0.4, -0.2) is 81.9 Å². The van der Waals surface area contributed by atoms with E-state index in [0.29, 0.717) is 36.9 Å². The van der Waals surface area contributed by atoms with Crippen molar-refractivity contribution in [2.45, 2.75) is 63.8 Å². The van der Waals surface area contributed by atoms with Crippen molar-refractivity contribution in [3.63, 3.8) is 0 Å². The van der Waals surface area contributed by atoms with Gasteiger partial charge in [0.05, 0.1) is 24.0 Å². The monoisotopic (exact) mass is 795 g/mol. The van der Waals surface area contributed by atoms with Gasteiger partial charge in [-0.3, -0.25) is 18.7 Å². The van der Waals surface area contributed by atoms with Crippen LogP contribution in [0.1, 0.15) is 71.0 Å². The predicted octanol–water partition coefficient (Wildman–Crippen LogP) is 5.10. The Morgan fingerprint density at radius 2 is 1.54 bits per heavy atom. The number of sulfonamides is 1. The molecule has 294 valence electrons. The summed E-state index contributed by atoms with van der Waals surface area (Å²) >= 11 is 6.14. The van der Waals surface area contributed by atoms with Crippen molar-refractivity contribution in [3.05, 3.63) is 100 Å². The number of carbonyl (C=O) groups excluding carboxylic acids is 3. The fraction of sp³-hybridized carbons (Fsp3) is 0.405.